The molecular weight excluding hydrogens is 246 g/mol. The predicted molar refractivity (Wildman–Crippen MR) is 72.2 cm³/mol. The summed E-state index contributed by atoms with van der Waals surface area (Å²) in [5.41, 5.74) is 0. The molecule has 1 aromatic rings. The second-order valence-electron chi connectivity index (χ2n) is 4.69. The number of hydrogen-bond acceptors (Lipinski definition) is 5. The van der Waals surface area contributed by atoms with E-state index in [9.17, 15) is 4.79 Å². The fourth-order valence-electron chi connectivity index (χ4n) is 2.05. The van der Waals surface area contributed by atoms with Gasteiger partial charge in [-0.25, -0.2) is 4.79 Å². The summed E-state index contributed by atoms with van der Waals surface area (Å²) >= 11 is 0. The molecule has 0 radical (unpaired) electrons. The molecule has 0 amide bonds. The van der Waals surface area contributed by atoms with Crippen molar-refractivity contribution in [1.29, 1.82) is 0 Å². The molecule has 1 unspecified atom stereocenters. The van der Waals surface area contributed by atoms with E-state index in [-0.39, 0.29) is 11.8 Å². The SMILES string of the molecule is COCCN(C(C)C)C(C)c1ccc(C(=O)OC)o1. The van der Waals surface area contributed by atoms with Crippen molar-refractivity contribution < 1.29 is 18.7 Å². The minimum atomic E-state index is -0.452. The summed E-state index contributed by atoms with van der Waals surface area (Å²) in [6.07, 6.45) is 0. The van der Waals surface area contributed by atoms with Crippen LogP contribution < -0.4 is 0 Å². The molecule has 1 heterocycles. The van der Waals surface area contributed by atoms with Crippen molar-refractivity contribution in [3.63, 3.8) is 0 Å². The van der Waals surface area contributed by atoms with E-state index < -0.39 is 5.97 Å². The number of ether oxygens (including phenoxy) is 2. The first-order valence-electron chi connectivity index (χ1n) is 6.44. The van der Waals surface area contributed by atoms with Gasteiger partial charge in [0.2, 0.25) is 5.76 Å². The molecule has 5 nitrogen and oxygen atoms in total. The third kappa shape index (κ3) is 4.08. The number of methoxy groups -OCH3 is 2. The molecule has 0 saturated heterocycles. The number of carbonyl (C=O) groups is 1. The maximum absolute atomic E-state index is 11.4. The van der Waals surface area contributed by atoms with Gasteiger partial charge in [0, 0.05) is 19.7 Å². The molecule has 1 atom stereocenters. The molecule has 0 bridgehead atoms. The van der Waals surface area contributed by atoms with Gasteiger partial charge in [0.25, 0.3) is 0 Å². The van der Waals surface area contributed by atoms with Gasteiger partial charge in [-0.3, -0.25) is 4.90 Å². The lowest BCUT2D eigenvalue weighted by atomic mass is 10.1. The maximum Gasteiger partial charge on any atom is 0.373 e. The van der Waals surface area contributed by atoms with Crippen LogP contribution in [0.4, 0.5) is 0 Å². The van der Waals surface area contributed by atoms with E-state index in [0.29, 0.717) is 12.6 Å². The quantitative estimate of drug-likeness (QED) is 0.712. The number of carbonyl (C=O) groups excluding carboxylic acids is 1. The van der Waals surface area contributed by atoms with E-state index in [1.54, 1.807) is 13.2 Å². The van der Waals surface area contributed by atoms with E-state index in [2.05, 4.69) is 30.4 Å². The summed E-state index contributed by atoms with van der Waals surface area (Å²) in [4.78, 5) is 13.6. The normalized spacial score (nSPS) is 13.0. The summed E-state index contributed by atoms with van der Waals surface area (Å²) in [6, 6.07) is 3.90. The fourth-order valence-corrected chi connectivity index (χ4v) is 2.05. The van der Waals surface area contributed by atoms with E-state index in [1.807, 2.05) is 6.07 Å². The first-order chi connectivity index (χ1) is 9.01. The van der Waals surface area contributed by atoms with Crippen LogP contribution in [-0.4, -0.2) is 44.3 Å². The molecule has 0 fully saturated rings. The Morgan fingerprint density at radius 1 is 1.32 bits per heavy atom. The number of nitrogens with zero attached hydrogens (tertiary/aromatic N) is 1. The van der Waals surface area contributed by atoms with Crippen LogP contribution >= 0.6 is 0 Å². The predicted octanol–water partition coefficient (Wildman–Crippen LogP) is 2.48. The Morgan fingerprint density at radius 2 is 2.00 bits per heavy atom. The monoisotopic (exact) mass is 269 g/mol. The highest BCUT2D eigenvalue weighted by atomic mass is 16.5. The lowest BCUT2D eigenvalue weighted by Gasteiger charge is -2.31. The van der Waals surface area contributed by atoms with Gasteiger partial charge in [-0.1, -0.05) is 0 Å². The third-order valence-electron chi connectivity index (χ3n) is 3.14. The molecule has 1 aromatic heterocycles. The third-order valence-corrected chi connectivity index (χ3v) is 3.14. The van der Waals surface area contributed by atoms with Crippen LogP contribution in [0.5, 0.6) is 0 Å². The standard InChI is InChI=1S/C14H23NO4/c1-10(2)15(8-9-17-4)11(3)12-6-7-13(19-12)14(16)18-5/h6-7,10-11H,8-9H2,1-5H3. The Bertz CT molecular complexity index is 400. The van der Waals surface area contributed by atoms with E-state index in [0.717, 1.165) is 12.3 Å². The number of rotatable bonds is 7. The van der Waals surface area contributed by atoms with Crippen molar-refractivity contribution in [2.45, 2.75) is 32.9 Å². The van der Waals surface area contributed by atoms with Gasteiger partial charge in [-0.15, -0.1) is 0 Å². The Morgan fingerprint density at radius 3 is 2.53 bits per heavy atom. The molecule has 0 aliphatic carbocycles. The summed E-state index contributed by atoms with van der Waals surface area (Å²) in [7, 11) is 3.03. The molecule has 0 aliphatic heterocycles. The van der Waals surface area contributed by atoms with E-state index >= 15 is 0 Å². The smallest absolute Gasteiger partial charge is 0.373 e. The van der Waals surface area contributed by atoms with Gasteiger partial charge >= 0.3 is 5.97 Å². The second-order valence-corrected chi connectivity index (χ2v) is 4.69. The fraction of sp³-hybridized carbons (Fsp3) is 0.643. The van der Waals surface area contributed by atoms with Crippen LogP contribution in [0, 0.1) is 0 Å². The van der Waals surface area contributed by atoms with Crippen LogP contribution in [0.25, 0.3) is 0 Å². The van der Waals surface area contributed by atoms with E-state index in [4.69, 9.17) is 9.15 Å². The van der Waals surface area contributed by atoms with Crippen molar-refractivity contribution in [3.05, 3.63) is 23.7 Å². The minimum absolute atomic E-state index is 0.0774. The maximum atomic E-state index is 11.4. The largest absolute Gasteiger partial charge is 0.463 e. The highest BCUT2D eigenvalue weighted by molar-refractivity contribution is 5.86. The molecule has 1 rings (SSSR count). The lowest BCUT2D eigenvalue weighted by Crippen LogP contribution is -2.36. The van der Waals surface area contributed by atoms with Gasteiger partial charge in [0.1, 0.15) is 5.76 Å². The molecule has 5 heteroatoms. The van der Waals surface area contributed by atoms with Crippen LogP contribution in [0.1, 0.15) is 43.1 Å². The second kappa shape index (κ2) is 7.31. The van der Waals surface area contributed by atoms with Crippen molar-refractivity contribution in [3.8, 4) is 0 Å². The Labute approximate surface area is 114 Å². The highest BCUT2D eigenvalue weighted by Gasteiger charge is 2.22. The lowest BCUT2D eigenvalue weighted by molar-refractivity contribution is 0.0552. The molecule has 0 aliphatic rings. The molecule has 0 saturated carbocycles. The first kappa shape index (κ1) is 15.7. The van der Waals surface area contributed by atoms with Crippen LogP contribution in [0.15, 0.2) is 16.5 Å². The Hall–Kier alpha value is -1.33. The molecule has 0 N–H and O–H groups in total. The number of furan rings is 1. The van der Waals surface area contributed by atoms with Crippen molar-refractivity contribution >= 4 is 5.97 Å². The van der Waals surface area contributed by atoms with Crippen molar-refractivity contribution in [2.24, 2.45) is 0 Å². The van der Waals surface area contributed by atoms with Crippen LogP contribution in [-0.2, 0) is 9.47 Å². The average Bonchev–Trinajstić information content (AvgIpc) is 2.87. The first-order valence-corrected chi connectivity index (χ1v) is 6.44. The minimum Gasteiger partial charge on any atom is -0.463 e. The number of esters is 1. The van der Waals surface area contributed by atoms with Gasteiger partial charge in [0.15, 0.2) is 0 Å². The van der Waals surface area contributed by atoms with Gasteiger partial charge < -0.3 is 13.9 Å². The zero-order valence-corrected chi connectivity index (χ0v) is 12.3. The van der Waals surface area contributed by atoms with Crippen molar-refractivity contribution in [1.82, 2.24) is 4.90 Å². The van der Waals surface area contributed by atoms with Crippen LogP contribution in [0.2, 0.25) is 0 Å². The van der Waals surface area contributed by atoms with Gasteiger partial charge in [-0.05, 0) is 32.9 Å². The van der Waals surface area contributed by atoms with Gasteiger partial charge in [-0.2, -0.15) is 0 Å². The summed E-state index contributed by atoms with van der Waals surface area (Å²) in [5.74, 6) is 0.538. The van der Waals surface area contributed by atoms with Gasteiger partial charge in [0.05, 0.1) is 19.8 Å². The number of hydrogen-bond donors (Lipinski definition) is 0. The summed E-state index contributed by atoms with van der Waals surface area (Å²) in [6.45, 7) is 7.76. The molecule has 19 heavy (non-hydrogen) atoms. The summed E-state index contributed by atoms with van der Waals surface area (Å²) in [5, 5.41) is 0. The zero-order chi connectivity index (χ0) is 14.4. The topological polar surface area (TPSA) is 51.9 Å². The van der Waals surface area contributed by atoms with Crippen molar-refractivity contribution in [2.75, 3.05) is 27.4 Å². The highest BCUT2D eigenvalue weighted by Crippen LogP contribution is 2.24. The molecule has 0 spiro atoms. The summed E-state index contributed by atoms with van der Waals surface area (Å²) < 4.78 is 15.3. The average molecular weight is 269 g/mol. The Balaban J connectivity index is 2.81. The Kier molecular flexibility index (Phi) is 6.05. The van der Waals surface area contributed by atoms with E-state index in [1.165, 1.54) is 7.11 Å². The van der Waals surface area contributed by atoms with Crippen LogP contribution in [0.3, 0.4) is 0 Å². The molecular formula is C14H23NO4. The molecule has 0 aromatic carbocycles. The zero-order valence-electron chi connectivity index (χ0n) is 12.3. The molecule has 108 valence electrons.